The number of rotatable bonds is 7. The zero-order valence-electron chi connectivity index (χ0n) is 17.1. The number of carbonyl (C=O) groups excluding carboxylic acids is 2. The Morgan fingerprint density at radius 2 is 1.75 bits per heavy atom. The van der Waals surface area contributed by atoms with Crippen molar-refractivity contribution in [3.63, 3.8) is 0 Å². The zero-order valence-corrected chi connectivity index (χ0v) is 17.9. The van der Waals surface area contributed by atoms with Gasteiger partial charge >= 0.3 is 0 Å². The highest BCUT2D eigenvalue weighted by Crippen LogP contribution is 2.36. The Balaban J connectivity index is 1.66. The Morgan fingerprint density at radius 1 is 1.00 bits per heavy atom. The fourth-order valence-electron chi connectivity index (χ4n) is 3.15. The van der Waals surface area contributed by atoms with Crippen LogP contribution in [0.4, 0.5) is 10.1 Å². The van der Waals surface area contributed by atoms with Gasteiger partial charge in [-0.1, -0.05) is 66.4 Å². The molecule has 0 aliphatic rings. The number of Topliss-reactive ketones (excluding diaryl/α,β-unsaturated/α-hetero) is 1. The van der Waals surface area contributed by atoms with Gasteiger partial charge in [0.2, 0.25) is 5.91 Å². The van der Waals surface area contributed by atoms with E-state index in [1.54, 1.807) is 42.5 Å². The fourth-order valence-corrected chi connectivity index (χ4v) is 4.17. The molecule has 1 aromatic heterocycles. The first-order chi connectivity index (χ1) is 15.5. The van der Waals surface area contributed by atoms with Crippen LogP contribution < -0.4 is 5.32 Å². The minimum atomic E-state index is -0.688. The number of hydrogen-bond acceptors (Lipinski definition) is 5. The van der Waals surface area contributed by atoms with Crippen molar-refractivity contribution in [2.75, 3.05) is 5.32 Å². The van der Waals surface area contributed by atoms with E-state index in [1.165, 1.54) is 23.9 Å². The number of aromatic nitrogens is 3. The molecule has 8 heteroatoms. The number of nitrogens with one attached hydrogen (secondary N) is 1. The predicted octanol–water partition coefficient (Wildman–Crippen LogP) is 5.08. The third-order valence-electron chi connectivity index (χ3n) is 4.73. The van der Waals surface area contributed by atoms with E-state index in [4.69, 9.17) is 0 Å². The first-order valence-corrected chi connectivity index (χ1v) is 10.7. The molecule has 1 amide bonds. The van der Waals surface area contributed by atoms with Crippen LogP contribution in [0.1, 0.15) is 28.1 Å². The van der Waals surface area contributed by atoms with Crippen LogP contribution >= 0.6 is 11.8 Å². The van der Waals surface area contributed by atoms with Crippen LogP contribution in [0.3, 0.4) is 0 Å². The zero-order chi connectivity index (χ0) is 22.5. The van der Waals surface area contributed by atoms with E-state index in [2.05, 4.69) is 15.5 Å². The lowest BCUT2D eigenvalue weighted by atomic mass is 10.1. The van der Waals surface area contributed by atoms with Crippen molar-refractivity contribution in [3.8, 4) is 5.69 Å². The lowest BCUT2D eigenvalue weighted by Crippen LogP contribution is -2.19. The monoisotopic (exact) mass is 446 g/mol. The lowest BCUT2D eigenvalue weighted by Gasteiger charge is -2.17. The van der Waals surface area contributed by atoms with E-state index in [0.29, 0.717) is 22.1 Å². The Labute approximate surface area is 188 Å². The largest absolute Gasteiger partial charge is 0.325 e. The summed E-state index contributed by atoms with van der Waals surface area (Å²) in [6.07, 6.45) is 1.41. The summed E-state index contributed by atoms with van der Waals surface area (Å²) in [5, 5.41) is 10.6. The molecule has 0 radical (unpaired) electrons. The highest BCUT2D eigenvalue weighted by molar-refractivity contribution is 8.00. The van der Waals surface area contributed by atoms with Gasteiger partial charge in [0.1, 0.15) is 17.4 Å². The molecule has 4 rings (SSSR count). The molecule has 1 atom stereocenters. The number of thioether (sulfide) groups is 1. The van der Waals surface area contributed by atoms with Crippen LogP contribution in [0.15, 0.2) is 90.3 Å². The van der Waals surface area contributed by atoms with Gasteiger partial charge in [-0.15, -0.1) is 10.2 Å². The normalized spacial score (nSPS) is 11.7. The minimum absolute atomic E-state index is 0.0897. The Bertz CT molecular complexity index is 1260. The first-order valence-electron chi connectivity index (χ1n) is 9.81. The number of amides is 1. The van der Waals surface area contributed by atoms with E-state index >= 15 is 0 Å². The Morgan fingerprint density at radius 3 is 2.50 bits per heavy atom. The van der Waals surface area contributed by atoms with Gasteiger partial charge in [-0.25, -0.2) is 4.39 Å². The fraction of sp³-hybridized carbons (Fsp3) is 0.0833. The SMILES string of the molecule is CC(=O)c1cccc(NC(=O)[C@H](Sc2nncn2-c2ccccc2F)c2ccccc2)c1. The molecule has 6 nitrogen and oxygen atoms in total. The highest BCUT2D eigenvalue weighted by Gasteiger charge is 2.25. The molecule has 0 fully saturated rings. The number of benzene rings is 3. The second kappa shape index (κ2) is 9.57. The molecule has 0 saturated carbocycles. The topological polar surface area (TPSA) is 76.9 Å². The highest BCUT2D eigenvalue weighted by atomic mass is 32.2. The van der Waals surface area contributed by atoms with Gasteiger partial charge < -0.3 is 5.32 Å². The second-order valence-electron chi connectivity index (χ2n) is 6.97. The predicted molar refractivity (Wildman–Crippen MR) is 121 cm³/mol. The molecule has 0 saturated heterocycles. The molecule has 0 aliphatic carbocycles. The molecule has 4 aromatic rings. The first kappa shape index (κ1) is 21.5. The summed E-state index contributed by atoms with van der Waals surface area (Å²) in [5.74, 6) is -0.811. The maximum Gasteiger partial charge on any atom is 0.242 e. The number of nitrogens with zero attached hydrogens (tertiary/aromatic N) is 3. The lowest BCUT2D eigenvalue weighted by molar-refractivity contribution is -0.115. The molecule has 3 aromatic carbocycles. The van der Waals surface area contributed by atoms with Gasteiger partial charge in [0, 0.05) is 11.3 Å². The Kier molecular flexibility index (Phi) is 6.42. The standard InChI is InChI=1S/C24H19FN4O2S/c1-16(30)18-10-7-11-19(14-18)27-23(31)22(17-8-3-2-4-9-17)32-24-28-26-15-29(24)21-13-6-5-12-20(21)25/h2-15,22H,1H3,(H,27,31)/t22-/m1/s1. The van der Waals surface area contributed by atoms with Crippen molar-refractivity contribution in [1.29, 1.82) is 0 Å². The second-order valence-corrected chi connectivity index (χ2v) is 8.04. The molecular formula is C24H19FN4O2S. The van der Waals surface area contributed by atoms with Gasteiger partial charge in [0.05, 0.1) is 5.69 Å². The Hall–Kier alpha value is -3.78. The summed E-state index contributed by atoms with van der Waals surface area (Å²) in [6, 6.07) is 22.3. The smallest absolute Gasteiger partial charge is 0.242 e. The number of carbonyl (C=O) groups is 2. The number of ketones is 1. The van der Waals surface area contributed by atoms with Crippen molar-refractivity contribution in [1.82, 2.24) is 14.8 Å². The molecule has 1 heterocycles. The average molecular weight is 447 g/mol. The van der Waals surface area contributed by atoms with Crippen LogP contribution in [-0.2, 0) is 4.79 Å². The summed E-state index contributed by atoms with van der Waals surface area (Å²) < 4.78 is 15.9. The van der Waals surface area contributed by atoms with Crippen LogP contribution in [0.2, 0.25) is 0 Å². The third kappa shape index (κ3) is 4.76. The van der Waals surface area contributed by atoms with E-state index < -0.39 is 11.1 Å². The van der Waals surface area contributed by atoms with Gasteiger partial charge in [-0.3, -0.25) is 14.2 Å². The summed E-state index contributed by atoms with van der Waals surface area (Å²) in [6.45, 7) is 1.47. The van der Waals surface area contributed by atoms with Crippen molar-refractivity contribution >= 4 is 29.1 Å². The third-order valence-corrected chi connectivity index (χ3v) is 5.94. The van der Waals surface area contributed by atoms with Gasteiger partial charge in [-0.05, 0) is 36.8 Å². The van der Waals surface area contributed by atoms with E-state index in [1.807, 2.05) is 30.3 Å². The van der Waals surface area contributed by atoms with Crippen LogP contribution in [0.25, 0.3) is 5.69 Å². The van der Waals surface area contributed by atoms with Crippen LogP contribution in [0.5, 0.6) is 0 Å². The van der Waals surface area contributed by atoms with Crippen molar-refractivity contribution < 1.29 is 14.0 Å². The molecule has 32 heavy (non-hydrogen) atoms. The van der Waals surface area contributed by atoms with Crippen LogP contribution in [0, 0.1) is 5.82 Å². The summed E-state index contributed by atoms with van der Waals surface area (Å²) in [5.41, 5.74) is 2.06. The number of hydrogen-bond donors (Lipinski definition) is 1. The molecular weight excluding hydrogens is 427 g/mol. The summed E-state index contributed by atoms with van der Waals surface area (Å²) in [7, 11) is 0. The van der Waals surface area contributed by atoms with Gasteiger partial charge in [0.15, 0.2) is 10.9 Å². The summed E-state index contributed by atoms with van der Waals surface area (Å²) >= 11 is 1.16. The molecule has 0 aliphatic heterocycles. The average Bonchev–Trinajstić information content (AvgIpc) is 3.26. The quantitative estimate of drug-likeness (QED) is 0.316. The molecule has 0 spiro atoms. The van der Waals surface area contributed by atoms with Gasteiger partial charge in [0.25, 0.3) is 0 Å². The van der Waals surface area contributed by atoms with Crippen molar-refractivity contribution in [3.05, 3.63) is 102 Å². The number of para-hydroxylation sites is 1. The molecule has 160 valence electrons. The van der Waals surface area contributed by atoms with Crippen LogP contribution in [-0.4, -0.2) is 26.5 Å². The number of halogens is 1. The number of anilines is 1. The molecule has 0 unspecified atom stereocenters. The summed E-state index contributed by atoms with van der Waals surface area (Å²) in [4.78, 5) is 25.0. The van der Waals surface area contributed by atoms with E-state index in [-0.39, 0.29) is 11.7 Å². The minimum Gasteiger partial charge on any atom is -0.325 e. The maximum absolute atomic E-state index is 14.3. The van der Waals surface area contributed by atoms with E-state index in [9.17, 15) is 14.0 Å². The van der Waals surface area contributed by atoms with Crippen molar-refractivity contribution in [2.45, 2.75) is 17.3 Å². The maximum atomic E-state index is 14.3. The molecule has 1 N–H and O–H groups in total. The van der Waals surface area contributed by atoms with Crippen molar-refractivity contribution in [2.24, 2.45) is 0 Å². The van der Waals surface area contributed by atoms with Gasteiger partial charge in [-0.2, -0.15) is 0 Å². The molecule has 0 bridgehead atoms. The van der Waals surface area contributed by atoms with E-state index in [0.717, 1.165) is 17.3 Å².